The van der Waals surface area contributed by atoms with E-state index in [4.69, 9.17) is 30.9 Å². The van der Waals surface area contributed by atoms with E-state index < -0.39 is 0 Å². The molecule has 2 atom stereocenters. The molecule has 0 spiro atoms. The first-order valence-corrected chi connectivity index (χ1v) is 12.5. The largest absolute Gasteiger partial charge is 6.00 e. The predicted octanol–water partition coefficient (Wildman–Crippen LogP) is 8.86. The molecule has 0 saturated carbocycles. The van der Waals surface area contributed by atoms with Crippen molar-refractivity contribution in [1.82, 2.24) is 0 Å². The topological polar surface area (TPSA) is 90.5 Å². The summed E-state index contributed by atoms with van der Waals surface area (Å²) in [5.74, 6) is 1.06. The molecule has 210 valence electrons. The Balaban J connectivity index is -0.000000146. The predicted molar refractivity (Wildman–Crippen MR) is 152 cm³/mol. The first kappa shape index (κ1) is 44.8. The van der Waals surface area contributed by atoms with Gasteiger partial charge in [-0.1, -0.05) is 135 Å². The molecule has 0 aromatic heterocycles. The maximum atomic E-state index is 7.75. The molecule has 0 aromatic carbocycles. The summed E-state index contributed by atoms with van der Waals surface area (Å²) in [6.07, 6.45) is 2.53. The maximum Gasteiger partial charge on any atom is 6.00 e. The first-order chi connectivity index (χ1) is 15.1. The van der Waals surface area contributed by atoms with E-state index in [2.05, 4.69) is 124 Å². The van der Waals surface area contributed by atoms with E-state index in [9.17, 15) is 0 Å². The first-order valence-electron chi connectivity index (χ1n) is 12.5. The molecule has 2 unspecified atom stereocenters. The van der Waals surface area contributed by atoms with E-state index in [-0.39, 0.29) is 54.0 Å². The molecule has 0 amide bonds. The molecule has 0 heterocycles. The molecule has 0 fully saturated rings. The molecule has 0 aromatic rings. The fraction of sp³-hybridized carbons (Fsp3) is 0.929. The molecule has 0 bridgehead atoms. The van der Waals surface area contributed by atoms with Crippen LogP contribution in [0.1, 0.15) is 124 Å². The van der Waals surface area contributed by atoms with Gasteiger partial charge in [-0.25, -0.2) is 12.3 Å². The smallest absolute Gasteiger partial charge is 0.673 e. The van der Waals surface area contributed by atoms with Gasteiger partial charge >= 0.3 is 19.5 Å². The van der Waals surface area contributed by atoms with Crippen LogP contribution < -0.4 is 0 Å². The molecule has 0 radical (unpaired) electrons. The maximum absolute atomic E-state index is 7.75. The Bertz CT molecular complexity index is 401. The van der Waals surface area contributed by atoms with Crippen molar-refractivity contribution in [3.8, 4) is 0 Å². The Morgan fingerprint density at radius 2 is 0.629 bits per heavy atom. The molecule has 0 saturated heterocycles. The molecule has 0 N–H and O–H groups in total. The van der Waals surface area contributed by atoms with E-state index >= 15 is 0 Å². The van der Waals surface area contributed by atoms with Crippen LogP contribution in [0, 0.1) is 11.8 Å². The number of hydrogen-bond donors (Lipinski definition) is 0. The molecular weight excluding hydrogens is 525 g/mol. The number of carbonyl (C=O) groups excluding carboxylic acids is 2. The van der Waals surface area contributed by atoms with Crippen LogP contribution in [0.3, 0.4) is 0 Å². The summed E-state index contributed by atoms with van der Waals surface area (Å²) in [6.45, 7) is 41.0. The van der Waals surface area contributed by atoms with Crippen molar-refractivity contribution in [2.24, 2.45) is 11.8 Å². The van der Waals surface area contributed by atoms with Crippen molar-refractivity contribution in [1.29, 1.82) is 0 Å². The van der Waals surface area contributed by atoms with Gasteiger partial charge in [0, 0.05) is 0 Å². The van der Waals surface area contributed by atoms with Crippen molar-refractivity contribution >= 4 is 13.6 Å². The molecule has 7 heteroatoms. The van der Waals surface area contributed by atoms with Crippen LogP contribution in [0.25, 0.3) is 21.3 Å². The van der Waals surface area contributed by atoms with Crippen LogP contribution >= 0.6 is 0 Å². The van der Waals surface area contributed by atoms with Crippen LogP contribution in [0.4, 0.5) is 0 Å². The SMILES string of the molecule is CCC(C)C([N-]C(C)(C)C)[N-]C(C)(C)C.CCC(C)C([N-]C(C)(C)C)[N-]C(C)(C)C.[CH-]=O.[CH-]=O.[Ru+6]. The summed E-state index contributed by atoms with van der Waals surface area (Å²) in [4.78, 5) is 15.5. The van der Waals surface area contributed by atoms with E-state index in [1.54, 1.807) is 0 Å². The van der Waals surface area contributed by atoms with Gasteiger partial charge in [-0.3, -0.25) is 13.6 Å². The van der Waals surface area contributed by atoms with Gasteiger partial charge in [0.25, 0.3) is 0 Å². The third-order valence-corrected chi connectivity index (χ3v) is 4.38. The molecule has 0 aliphatic rings. The van der Waals surface area contributed by atoms with Gasteiger partial charge in [0.15, 0.2) is 0 Å². The fourth-order valence-electron chi connectivity index (χ4n) is 2.58. The zero-order valence-corrected chi connectivity index (χ0v) is 27.6. The molecule has 0 rings (SSSR count). The van der Waals surface area contributed by atoms with E-state index in [0.29, 0.717) is 11.8 Å². The zero-order valence-electron chi connectivity index (χ0n) is 25.8. The monoisotopic (exact) mass is 584 g/mol. The van der Waals surface area contributed by atoms with Gasteiger partial charge in [0.1, 0.15) is 0 Å². The van der Waals surface area contributed by atoms with Gasteiger partial charge in [0.05, 0.1) is 0 Å². The van der Waals surface area contributed by atoms with Crippen LogP contribution in [0.5, 0.6) is 0 Å². The fourth-order valence-corrected chi connectivity index (χ4v) is 2.58. The second kappa shape index (κ2) is 20.8. The molecule has 0 aliphatic heterocycles. The van der Waals surface area contributed by atoms with Crippen LogP contribution in [0.15, 0.2) is 0 Å². The summed E-state index contributed by atoms with van der Waals surface area (Å²) in [6, 6.07) is 0. The van der Waals surface area contributed by atoms with Crippen LogP contribution in [-0.4, -0.2) is 48.1 Å². The average Bonchev–Trinajstić information content (AvgIpc) is 2.65. The minimum absolute atomic E-state index is 0. The van der Waals surface area contributed by atoms with Crippen molar-refractivity contribution in [3.63, 3.8) is 0 Å². The minimum Gasteiger partial charge on any atom is -0.673 e. The van der Waals surface area contributed by atoms with Gasteiger partial charge in [-0.2, -0.15) is 0 Å². The third-order valence-electron chi connectivity index (χ3n) is 4.38. The van der Waals surface area contributed by atoms with E-state index in [1.807, 2.05) is 0 Å². The second-order valence-electron chi connectivity index (χ2n) is 12.8. The van der Waals surface area contributed by atoms with Gasteiger partial charge < -0.3 is 30.9 Å². The summed E-state index contributed by atoms with van der Waals surface area (Å²) < 4.78 is 0. The third kappa shape index (κ3) is 33.8. The number of hydrogen-bond acceptors (Lipinski definition) is 2. The van der Waals surface area contributed by atoms with Gasteiger partial charge in [-0.05, 0) is 0 Å². The molecule has 6 nitrogen and oxygen atoms in total. The molecular formula is C28H58N4O2Ru. The van der Waals surface area contributed by atoms with Gasteiger partial charge in [-0.15, -0.1) is 22.2 Å². The number of nitrogens with zero attached hydrogens (tertiary/aromatic N) is 4. The Hall–Kier alpha value is -0.197. The summed E-state index contributed by atoms with van der Waals surface area (Å²) in [5.41, 5.74) is 0.0113. The van der Waals surface area contributed by atoms with E-state index in [0.717, 1.165) is 12.8 Å². The Kier molecular flexibility index (Phi) is 26.6. The van der Waals surface area contributed by atoms with Crippen LogP contribution in [0.2, 0.25) is 0 Å². The quantitative estimate of drug-likeness (QED) is 0.162. The summed E-state index contributed by atoms with van der Waals surface area (Å²) in [7, 11) is 0. The van der Waals surface area contributed by atoms with E-state index in [1.165, 1.54) is 0 Å². The van der Waals surface area contributed by atoms with Crippen molar-refractivity contribution in [3.05, 3.63) is 21.3 Å². The minimum atomic E-state index is 0. The standard InChI is InChI=1S/2C13H28N2.2CHO.Ru/c2*1-9-10(2)11(14-12(3,4)5)15-13(6,7)8;2*1-2;/h2*10-11H,9H2,1-8H3;2*1H;/q2*-2;2*-1;+6. The number of rotatable bonds is 8. The molecule has 35 heavy (non-hydrogen) atoms. The Morgan fingerprint density at radius 3 is 0.714 bits per heavy atom. The normalized spacial score (nSPS) is 13.8. The summed E-state index contributed by atoms with van der Waals surface area (Å²) >= 11 is 0. The van der Waals surface area contributed by atoms with Crippen molar-refractivity contribution < 1.29 is 29.1 Å². The van der Waals surface area contributed by atoms with Gasteiger partial charge in [0.2, 0.25) is 0 Å². The van der Waals surface area contributed by atoms with Crippen molar-refractivity contribution in [2.75, 3.05) is 0 Å². The summed E-state index contributed by atoms with van der Waals surface area (Å²) in [5, 5.41) is 19.2. The van der Waals surface area contributed by atoms with Crippen LogP contribution in [-0.2, 0) is 29.1 Å². The second-order valence-corrected chi connectivity index (χ2v) is 12.8. The Labute approximate surface area is 233 Å². The zero-order chi connectivity index (χ0) is 28.6. The molecule has 0 aliphatic carbocycles. The van der Waals surface area contributed by atoms with Crippen molar-refractivity contribution in [2.45, 2.75) is 158 Å². The average molecular weight is 584 g/mol. The Morgan fingerprint density at radius 1 is 0.486 bits per heavy atom.